The lowest BCUT2D eigenvalue weighted by Crippen LogP contribution is -2.04. The van der Waals surface area contributed by atoms with Crippen molar-refractivity contribution in [1.82, 2.24) is 0 Å². The van der Waals surface area contributed by atoms with Gasteiger partial charge in [0.15, 0.2) is 0 Å². The fourth-order valence-electron chi connectivity index (χ4n) is 5.87. The summed E-state index contributed by atoms with van der Waals surface area (Å²) in [7, 11) is 0. The third-order valence-corrected chi connectivity index (χ3v) is 7.24. The van der Waals surface area contributed by atoms with Gasteiger partial charge < -0.3 is 0 Å². The van der Waals surface area contributed by atoms with Crippen molar-refractivity contribution >= 4 is 33.7 Å². The fraction of sp³-hybridized carbons (Fsp3) is 0.0625. The van der Waals surface area contributed by atoms with Crippen LogP contribution in [0.3, 0.4) is 0 Å². The van der Waals surface area contributed by atoms with Gasteiger partial charge in [-0.3, -0.25) is 0 Å². The van der Waals surface area contributed by atoms with Crippen LogP contribution >= 0.6 is 0 Å². The number of fused-ring (bicyclic) bond motifs is 4. The Hall–Kier alpha value is -3.90. The number of hydrogen-bond donors (Lipinski definition) is 0. The van der Waals surface area contributed by atoms with Gasteiger partial charge >= 0.3 is 0 Å². The molecule has 0 saturated carbocycles. The van der Waals surface area contributed by atoms with Gasteiger partial charge in [0.05, 0.1) is 0 Å². The van der Waals surface area contributed by atoms with Crippen LogP contribution in [0.2, 0.25) is 0 Å². The second-order valence-electron chi connectivity index (χ2n) is 8.85. The first-order chi connectivity index (χ1) is 15.9. The molecule has 0 radical (unpaired) electrons. The van der Waals surface area contributed by atoms with E-state index in [4.69, 9.17) is 0 Å². The summed E-state index contributed by atoms with van der Waals surface area (Å²) in [5, 5.41) is 5.46. The number of hydrogen-bond acceptors (Lipinski definition) is 0. The molecule has 2 aliphatic carbocycles. The van der Waals surface area contributed by atoms with Crippen molar-refractivity contribution in [2.75, 3.05) is 0 Å². The lowest BCUT2D eigenvalue weighted by Gasteiger charge is -2.23. The summed E-state index contributed by atoms with van der Waals surface area (Å²) in [5.41, 5.74) is 8.33. The molecule has 0 spiro atoms. The van der Waals surface area contributed by atoms with E-state index in [2.05, 4.69) is 121 Å². The Morgan fingerprint density at radius 2 is 0.719 bits per heavy atom. The van der Waals surface area contributed by atoms with E-state index < -0.39 is 0 Å². The molecule has 5 aromatic carbocycles. The summed E-state index contributed by atoms with van der Waals surface area (Å²) in [6.45, 7) is 0. The maximum atomic E-state index is 2.38. The van der Waals surface area contributed by atoms with E-state index in [9.17, 15) is 0 Å². The van der Waals surface area contributed by atoms with Crippen LogP contribution in [-0.2, 0) is 0 Å². The number of rotatable bonds is 2. The summed E-state index contributed by atoms with van der Waals surface area (Å²) in [6.07, 6.45) is 9.33. The van der Waals surface area contributed by atoms with Crippen molar-refractivity contribution in [3.05, 3.63) is 143 Å². The molecule has 32 heavy (non-hydrogen) atoms. The van der Waals surface area contributed by atoms with Crippen LogP contribution in [0.5, 0.6) is 0 Å². The molecule has 150 valence electrons. The van der Waals surface area contributed by atoms with Crippen LogP contribution in [0.15, 0.2) is 109 Å². The average Bonchev–Trinajstić information content (AvgIpc) is 3.47. The van der Waals surface area contributed by atoms with E-state index in [1.165, 1.54) is 54.9 Å². The van der Waals surface area contributed by atoms with Crippen molar-refractivity contribution < 1.29 is 0 Å². The lowest BCUT2D eigenvalue weighted by atomic mass is 9.79. The quantitative estimate of drug-likeness (QED) is 0.259. The van der Waals surface area contributed by atoms with Crippen molar-refractivity contribution in [1.29, 1.82) is 0 Å². The molecule has 0 heteroatoms. The predicted molar refractivity (Wildman–Crippen MR) is 136 cm³/mol. The molecule has 2 atom stereocenters. The van der Waals surface area contributed by atoms with Gasteiger partial charge in [-0.1, -0.05) is 121 Å². The van der Waals surface area contributed by atoms with E-state index in [1.54, 1.807) is 0 Å². The molecule has 0 amide bonds. The first-order valence-electron chi connectivity index (χ1n) is 11.4. The summed E-state index contributed by atoms with van der Waals surface area (Å²) >= 11 is 0. The standard InChI is InChI=1S/C32H22/c1-3-11-23-21(9-1)17-19-29(23)31-25-13-5-7-15-27(25)32(28-16-8-6-14-26(28)31)30-20-18-22-10-2-4-12-24(22)30/h1-20,29-30H. The zero-order valence-electron chi connectivity index (χ0n) is 17.7. The van der Waals surface area contributed by atoms with Gasteiger partial charge in [-0.2, -0.15) is 0 Å². The van der Waals surface area contributed by atoms with Crippen LogP contribution in [-0.4, -0.2) is 0 Å². The van der Waals surface area contributed by atoms with Gasteiger partial charge in [0.25, 0.3) is 0 Å². The van der Waals surface area contributed by atoms with E-state index in [0.717, 1.165) is 0 Å². The Bertz CT molecular complexity index is 1400. The molecule has 0 N–H and O–H groups in total. The minimum atomic E-state index is 0.279. The zero-order chi connectivity index (χ0) is 21.1. The maximum Gasteiger partial charge on any atom is 0.0291 e. The molecule has 0 heterocycles. The highest BCUT2D eigenvalue weighted by molar-refractivity contribution is 6.08. The molecule has 0 aromatic heterocycles. The number of allylic oxidation sites excluding steroid dienone is 2. The largest absolute Gasteiger partial charge is 0.0720 e. The van der Waals surface area contributed by atoms with Crippen molar-refractivity contribution in [2.24, 2.45) is 0 Å². The molecule has 0 aliphatic heterocycles. The van der Waals surface area contributed by atoms with Crippen LogP contribution in [0.4, 0.5) is 0 Å². The molecule has 0 bridgehead atoms. The molecular weight excluding hydrogens is 384 g/mol. The maximum absolute atomic E-state index is 2.38. The Morgan fingerprint density at radius 3 is 1.12 bits per heavy atom. The SMILES string of the molecule is C1=CC(c2c3ccccc3c(C3C=Cc4ccccc43)c3ccccc23)c2ccccc21. The first kappa shape index (κ1) is 17.7. The second kappa shape index (κ2) is 6.80. The fourth-order valence-corrected chi connectivity index (χ4v) is 5.87. The van der Waals surface area contributed by atoms with Crippen LogP contribution in [0.1, 0.15) is 45.2 Å². The molecular formula is C32H22. The monoisotopic (exact) mass is 406 g/mol. The van der Waals surface area contributed by atoms with Gasteiger partial charge in [-0.25, -0.2) is 0 Å². The second-order valence-corrected chi connectivity index (χ2v) is 8.85. The van der Waals surface area contributed by atoms with Crippen molar-refractivity contribution in [2.45, 2.75) is 11.8 Å². The third-order valence-electron chi connectivity index (χ3n) is 7.24. The smallest absolute Gasteiger partial charge is 0.0291 e. The molecule has 7 rings (SSSR count). The summed E-state index contributed by atoms with van der Waals surface area (Å²) in [5.74, 6) is 0.558. The topological polar surface area (TPSA) is 0 Å². The Kier molecular flexibility index (Phi) is 3.77. The lowest BCUT2D eigenvalue weighted by molar-refractivity contribution is 1.06. The molecule has 0 nitrogen and oxygen atoms in total. The van der Waals surface area contributed by atoms with Crippen LogP contribution < -0.4 is 0 Å². The van der Waals surface area contributed by atoms with Gasteiger partial charge in [0, 0.05) is 11.8 Å². The summed E-state index contributed by atoms with van der Waals surface area (Å²) in [4.78, 5) is 0. The highest BCUT2D eigenvalue weighted by atomic mass is 14.3. The van der Waals surface area contributed by atoms with Crippen LogP contribution in [0.25, 0.3) is 33.7 Å². The van der Waals surface area contributed by atoms with Gasteiger partial charge in [-0.15, -0.1) is 0 Å². The third kappa shape index (κ3) is 2.44. The highest BCUT2D eigenvalue weighted by Gasteiger charge is 2.28. The van der Waals surface area contributed by atoms with Gasteiger partial charge in [0.1, 0.15) is 0 Å². The normalized spacial score (nSPS) is 18.4. The van der Waals surface area contributed by atoms with Crippen LogP contribution in [0, 0.1) is 0 Å². The zero-order valence-corrected chi connectivity index (χ0v) is 17.7. The van der Waals surface area contributed by atoms with E-state index in [-0.39, 0.29) is 11.8 Å². The van der Waals surface area contributed by atoms with E-state index in [0.29, 0.717) is 0 Å². The molecule has 0 saturated heterocycles. The van der Waals surface area contributed by atoms with E-state index in [1.807, 2.05) is 0 Å². The predicted octanol–water partition coefficient (Wildman–Crippen LogP) is 8.31. The Balaban J connectivity index is 1.59. The Labute approximate surface area is 188 Å². The van der Waals surface area contributed by atoms with E-state index >= 15 is 0 Å². The minimum Gasteiger partial charge on any atom is -0.0720 e. The average molecular weight is 407 g/mol. The summed E-state index contributed by atoms with van der Waals surface area (Å²) in [6, 6.07) is 35.6. The molecule has 0 fully saturated rings. The molecule has 5 aromatic rings. The Morgan fingerprint density at radius 1 is 0.375 bits per heavy atom. The molecule has 2 aliphatic rings. The molecule has 2 unspecified atom stereocenters. The van der Waals surface area contributed by atoms with Gasteiger partial charge in [0.2, 0.25) is 0 Å². The first-order valence-corrected chi connectivity index (χ1v) is 11.4. The number of benzene rings is 5. The van der Waals surface area contributed by atoms with Crippen molar-refractivity contribution in [3.63, 3.8) is 0 Å². The van der Waals surface area contributed by atoms with Crippen molar-refractivity contribution in [3.8, 4) is 0 Å². The van der Waals surface area contributed by atoms with Gasteiger partial charge in [-0.05, 0) is 54.9 Å². The summed E-state index contributed by atoms with van der Waals surface area (Å²) < 4.78 is 0. The minimum absolute atomic E-state index is 0.279. The highest BCUT2D eigenvalue weighted by Crippen LogP contribution is 2.47.